The van der Waals surface area contributed by atoms with Crippen LogP contribution in [0.5, 0.6) is 0 Å². The molecule has 0 radical (unpaired) electrons. The molecule has 17 heavy (non-hydrogen) atoms. The lowest BCUT2D eigenvalue weighted by Crippen LogP contribution is -2.23. The molecular weight excluding hydrogens is 237 g/mol. The van der Waals surface area contributed by atoms with Crippen molar-refractivity contribution in [2.24, 2.45) is 11.1 Å². The van der Waals surface area contributed by atoms with Gasteiger partial charge in [0, 0.05) is 10.6 Å². The summed E-state index contributed by atoms with van der Waals surface area (Å²) in [5, 5.41) is 0. The van der Waals surface area contributed by atoms with E-state index in [2.05, 4.69) is 13.8 Å². The SMILES string of the molecule is CC(C)(CN)CCCS(=O)c1ccc(F)cc1. The van der Waals surface area contributed by atoms with E-state index in [1.54, 1.807) is 12.1 Å². The van der Waals surface area contributed by atoms with Crippen molar-refractivity contribution in [3.05, 3.63) is 30.1 Å². The van der Waals surface area contributed by atoms with Crippen molar-refractivity contribution < 1.29 is 8.60 Å². The summed E-state index contributed by atoms with van der Waals surface area (Å²) >= 11 is 0. The Bertz CT molecular complexity index is 376. The molecule has 0 saturated heterocycles. The van der Waals surface area contributed by atoms with Gasteiger partial charge < -0.3 is 5.73 Å². The Morgan fingerprint density at radius 1 is 1.29 bits per heavy atom. The molecule has 0 aliphatic carbocycles. The fourth-order valence-corrected chi connectivity index (χ4v) is 2.57. The highest BCUT2D eigenvalue weighted by atomic mass is 32.2. The predicted octanol–water partition coefficient (Wildman–Crippen LogP) is 2.70. The van der Waals surface area contributed by atoms with Crippen LogP contribution in [0.1, 0.15) is 26.7 Å². The molecule has 0 bridgehead atoms. The second kappa shape index (κ2) is 6.26. The van der Waals surface area contributed by atoms with E-state index in [1.165, 1.54) is 12.1 Å². The van der Waals surface area contributed by atoms with E-state index in [-0.39, 0.29) is 11.2 Å². The standard InChI is InChI=1S/C13H20FNOS/c1-13(2,10-15)8-3-9-17(16)12-6-4-11(14)5-7-12/h4-7H,3,8-10,15H2,1-2H3. The molecule has 1 atom stereocenters. The van der Waals surface area contributed by atoms with Gasteiger partial charge in [0.15, 0.2) is 0 Å². The van der Waals surface area contributed by atoms with Gasteiger partial charge in [-0.15, -0.1) is 0 Å². The molecule has 0 aliphatic heterocycles. The Morgan fingerprint density at radius 3 is 2.41 bits per heavy atom. The molecule has 0 aliphatic rings. The Kier molecular flexibility index (Phi) is 5.28. The van der Waals surface area contributed by atoms with Gasteiger partial charge in [-0.05, 0) is 49.1 Å². The summed E-state index contributed by atoms with van der Waals surface area (Å²) in [5.41, 5.74) is 5.74. The highest BCUT2D eigenvalue weighted by molar-refractivity contribution is 7.85. The smallest absolute Gasteiger partial charge is 0.123 e. The zero-order chi connectivity index (χ0) is 12.9. The first kappa shape index (κ1) is 14.3. The Morgan fingerprint density at radius 2 is 1.88 bits per heavy atom. The van der Waals surface area contributed by atoms with Crippen LogP contribution in [-0.2, 0) is 10.8 Å². The third-order valence-corrected chi connectivity index (χ3v) is 4.27. The molecule has 1 aromatic rings. The van der Waals surface area contributed by atoms with Crippen molar-refractivity contribution in [2.45, 2.75) is 31.6 Å². The molecule has 0 fully saturated rings. The van der Waals surface area contributed by atoms with E-state index >= 15 is 0 Å². The van der Waals surface area contributed by atoms with E-state index in [4.69, 9.17) is 5.73 Å². The normalized spacial score (nSPS) is 13.6. The van der Waals surface area contributed by atoms with E-state index in [0.29, 0.717) is 17.2 Å². The van der Waals surface area contributed by atoms with Gasteiger partial charge in [-0.25, -0.2) is 4.39 Å². The van der Waals surface area contributed by atoms with Crippen LogP contribution in [-0.4, -0.2) is 16.5 Å². The number of halogens is 1. The van der Waals surface area contributed by atoms with Crippen molar-refractivity contribution in [1.82, 2.24) is 0 Å². The number of rotatable bonds is 6. The monoisotopic (exact) mass is 257 g/mol. The molecule has 2 N–H and O–H groups in total. The molecule has 96 valence electrons. The van der Waals surface area contributed by atoms with Gasteiger partial charge in [0.05, 0.1) is 10.8 Å². The number of benzene rings is 1. The summed E-state index contributed by atoms with van der Waals surface area (Å²) < 4.78 is 24.6. The van der Waals surface area contributed by atoms with Crippen LogP contribution in [0.25, 0.3) is 0 Å². The zero-order valence-electron chi connectivity index (χ0n) is 10.4. The lowest BCUT2D eigenvalue weighted by molar-refractivity contribution is 0.344. The van der Waals surface area contributed by atoms with Crippen LogP contribution in [0.3, 0.4) is 0 Å². The molecule has 1 rings (SSSR count). The molecule has 1 aromatic carbocycles. The maximum atomic E-state index is 12.7. The van der Waals surface area contributed by atoms with Crippen molar-refractivity contribution in [3.8, 4) is 0 Å². The Balaban J connectivity index is 2.43. The molecule has 0 aromatic heterocycles. The minimum Gasteiger partial charge on any atom is -0.330 e. The van der Waals surface area contributed by atoms with Crippen LogP contribution >= 0.6 is 0 Å². The molecule has 0 heterocycles. The average molecular weight is 257 g/mol. The Labute approximate surface area is 105 Å². The van der Waals surface area contributed by atoms with Gasteiger partial charge in [-0.3, -0.25) is 4.21 Å². The lowest BCUT2D eigenvalue weighted by atomic mass is 9.88. The summed E-state index contributed by atoms with van der Waals surface area (Å²) in [7, 11) is -1.04. The highest BCUT2D eigenvalue weighted by Gasteiger charge is 2.15. The first-order valence-corrected chi connectivity index (χ1v) is 7.10. The third kappa shape index (κ3) is 4.96. The van der Waals surface area contributed by atoms with Crippen molar-refractivity contribution in [3.63, 3.8) is 0 Å². The highest BCUT2D eigenvalue weighted by Crippen LogP contribution is 2.21. The van der Waals surface area contributed by atoms with Gasteiger partial charge in [0.1, 0.15) is 5.82 Å². The Hall–Kier alpha value is -0.740. The summed E-state index contributed by atoms with van der Waals surface area (Å²) in [6.45, 7) is 4.85. The van der Waals surface area contributed by atoms with Gasteiger partial charge in [0.25, 0.3) is 0 Å². The largest absolute Gasteiger partial charge is 0.330 e. The number of hydrogen-bond acceptors (Lipinski definition) is 2. The van der Waals surface area contributed by atoms with Crippen LogP contribution in [0.4, 0.5) is 4.39 Å². The van der Waals surface area contributed by atoms with Crippen LogP contribution in [0.2, 0.25) is 0 Å². The van der Waals surface area contributed by atoms with E-state index in [9.17, 15) is 8.60 Å². The van der Waals surface area contributed by atoms with Crippen LogP contribution in [0, 0.1) is 11.2 Å². The van der Waals surface area contributed by atoms with E-state index < -0.39 is 10.8 Å². The van der Waals surface area contributed by atoms with Crippen molar-refractivity contribution >= 4 is 10.8 Å². The minimum absolute atomic E-state index is 0.104. The zero-order valence-corrected chi connectivity index (χ0v) is 11.2. The lowest BCUT2D eigenvalue weighted by Gasteiger charge is -2.21. The molecule has 2 nitrogen and oxygen atoms in total. The van der Waals surface area contributed by atoms with Gasteiger partial charge in [-0.2, -0.15) is 0 Å². The minimum atomic E-state index is -1.04. The maximum Gasteiger partial charge on any atom is 0.123 e. The summed E-state index contributed by atoms with van der Waals surface area (Å²) in [6, 6.07) is 5.85. The molecule has 0 amide bonds. The second-order valence-electron chi connectivity index (χ2n) is 4.98. The predicted molar refractivity (Wildman–Crippen MR) is 69.7 cm³/mol. The molecule has 0 saturated carbocycles. The van der Waals surface area contributed by atoms with E-state index in [0.717, 1.165) is 12.8 Å². The fraction of sp³-hybridized carbons (Fsp3) is 0.538. The molecule has 0 spiro atoms. The van der Waals surface area contributed by atoms with Crippen molar-refractivity contribution in [1.29, 1.82) is 0 Å². The maximum absolute atomic E-state index is 12.7. The van der Waals surface area contributed by atoms with E-state index in [1.807, 2.05) is 0 Å². The van der Waals surface area contributed by atoms with Gasteiger partial charge in [-0.1, -0.05) is 13.8 Å². The average Bonchev–Trinajstić information content (AvgIpc) is 2.29. The number of nitrogens with two attached hydrogens (primary N) is 1. The van der Waals surface area contributed by atoms with Gasteiger partial charge >= 0.3 is 0 Å². The van der Waals surface area contributed by atoms with Gasteiger partial charge in [0.2, 0.25) is 0 Å². The first-order valence-electron chi connectivity index (χ1n) is 5.79. The summed E-state index contributed by atoms with van der Waals surface area (Å²) in [6.07, 6.45) is 1.82. The topological polar surface area (TPSA) is 43.1 Å². The van der Waals surface area contributed by atoms with Crippen LogP contribution in [0.15, 0.2) is 29.2 Å². The molecule has 1 unspecified atom stereocenters. The quantitative estimate of drug-likeness (QED) is 0.851. The number of hydrogen-bond donors (Lipinski definition) is 1. The summed E-state index contributed by atoms with van der Waals surface area (Å²) in [5.74, 6) is 0.310. The first-order chi connectivity index (χ1) is 7.94. The fourth-order valence-electron chi connectivity index (χ4n) is 1.49. The van der Waals surface area contributed by atoms with Crippen molar-refractivity contribution in [2.75, 3.05) is 12.3 Å². The molecular formula is C13H20FNOS. The van der Waals surface area contributed by atoms with Crippen LogP contribution < -0.4 is 5.73 Å². The molecule has 4 heteroatoms. The second-order valence-corrected chi connectivity index (χ2v) is 6.55. The summed E-state index contributed by atoms with van der Waals surface area (Å²) in [4.78, 5) is 0.692. The third-order valence-electron chi connectivity index (χ3n) is 2.81.